The summed E-state index contributed by atoms with van der Waals surface area (Å²) in [4.78, 5) is 50.0. The van der Waals surface area contributed by atoms with Crippen molar-refractivity contribution in [1.29, 1.82) is 0 Å². The summed E-state index contributed by atoms with van der Waals surface area (Å²) in [6.45, 7) is 0. The Morgan fingerprint density at radius 1 is 0.854 bits per heavy atom. The minimum absolute atomic E-state index is 0.0122. The molecule has 0 unspecified atom stereocenters. The van der Waals surface area contributed by atoms with Crippen molar-refractivity contribution in [2.45, 2.75) is 4.90 Å². The quantitative estimate of drug-likeness (QED) is 0.0946. The maximum Gasteiger partial charge on any atom is 0.276 e. The molecule has 0 bridgehead atoms. The van der Waals surface area contributed by atoms with Crippen LogP contribution in [0.4, 0.5) is 21.5 Å². The number of anilines is 2. The molecule has 0 aliphatic rings. The Hall–Kier alpha value is -5.29. The van der Waals surface area contributed by atoms with Crippen molar-refractivity contribution in [3.63, 3.8) is 0 Å². The Kier molecular flexibility index (Phi) is 9.57. The van der Waals surface area contributed by atoms with E-state index in [1.165, 1.54) is 54.2 Å². The van der Waals surface area contributed by atoms with E-state index in [1.807, 2.05) is 0 Å². The lowest BCUT2D eigenvalue weighted by molar-refractivity contribution is -0.385. The van der Waals surface area contributed by atoms with Crippen LogP contribution in [0.15, 0.2) is 114 Å². The number of thioether (sulfide) groups is 1. The molecule has 4 aromatic carbocycles. The van der Waals surface area contributed by atoms with Crippen molar-refractivity contribution in [3.05, 3.63) is 136 Å². The third kappa shape index (κ3) is 8.10. The van der Waals surface area contributed by atoms with E-state index in [-0.39, 0.29) is 28.4 Å². The third-order valence-corrected chi connectivity index (χ3v) is 6.57. The zero-order chi connectivity index (χ0) is 29.2. The number of hydrogen-bond donors (Lipinski definition) is 3. The molecule has 41 heavy (non-hydrogen) atoms. The lowest BCUT2D eigenvalue weighted by atomic mass is 10.1. The topological polar surface area (TPSA) is 130 Å². The van der Waals surface area contributed by atoms with E-state index in [9.17, 15) is 28.9 Å². The number of nitrogens with zero attached hydrogens (tertiary/aromatic N) is 1. The number of amides is 3. The van der Waals surface area contributed by atoms with Gasteiger partial charge in [-0.15, -0.1) is 11.8 Å². The number of nitro groups is 1. The molecule has 4 aromatic rings. The first-order chi connectivity index (χ1) is 19.8. The molecule has 0 aliphatic heterocycles. The van der Waals surface area contributed by atoms with Gasteiger partial charge in [-0.1, -0.05) is 48.5 Å². The highest BCUT2D eigenvalue weighted by Crippen LogP contribution is 2.24. The van der Waals surface area contributed by atoms with E-state index in [0.717, 1.165) is 0 Å². The molecule has 11 heteroatoms. The highest BCUT2D eigenvalue weighted by molar-refractivity contribution is 8.00. The van der Waals surface area contributed by atoms with Crippen LogP contribution in [0.2, 0.25) is 0 Å². The van der Waals surface area contributed by atoms with Gasteiger partial charge in [-0.2, -0.15) is 0 Å². The minimum Gasteiger partial charge on any atom is -0.323 e. The van der Waals surface area contributed by atoms with E-state index >= 15 is 0 Å². The summed E-state index contributed by atoms with van der Waals surface area (Å²) in [5.41, 5.74) is 0.405. The number of carbonyl (C=O) groups excluding carboxylic acids is 3. The van der Waals surface area contributed by atoms with Gasteiger partial charge in [0.2, 0.25) is 5.91 Å². The summed E-state index contributed by atoms with van der Waals surface area (Å²) in [6.07, 6.45) is 1.24. The predicted molar refractivity (Wildman–Crippen MR) is 156 cm³/mol. The Labute approximate surface area is 238 Å². The van der Waals surface area contributed by atoms with Crippen LogP contribution in [0, 0.1) is 15.9 Å². The molecule has 0 saturated heterocycles. The van der Waals surface area contributed by atoms with Gasteiger partial charge in [0.15, 0.2) is 0 Å². The SMILES string of the molecule is O=C(CSc1cccc(NC(=O)/C(=C\c2ccccc2[N+](=O)[O-])NC(=O)c2ccccc2)c1)Nc1ccccc1F. The Morgan fingerprint density at radius 3 is 2.32 bits per heavy atom. The van der Waals surface area contributed by atoms with Gasteiger partial charge < -0.3 is 16.0 Å². The van der Waals surface area contributed by atoms with Crippen molar-refractivity contribution in [1.82, 2.24) is 5.32 Å². The highest BCUT2D eigenvalue weighted by Gasteiger charge is 2.18. The number of nitrogens with one attached hydrogen (secondary N) is 3. The first-order valence-electron chi connectivity index (χ1n) is 12.2. The molecule has 206 valence electrons. The van der Waals surface area contributed by atoms with Gasteiger partial charge in [0.25, 0.3) is 17.5 Å². The summed E-state index contributed by atoms with van der Waals surface area (Å²) in [5.74, 6) is -2.25. The van der Waals surface area contributed by atoms with Gasteiger partial charge >= 0.3 is 0 Å². The van der Waals surface area contributed by atoms with Crippen molar-refractivity contribution >= 4 is 52.6 Å². The first kappa shape index (κ1) is 28.7. The number of para-hydroxylation sites is 2. The molecule has 0 aliphatic carbocycles. The van der Waals surface area contributed by atoms with Crippen molar-refractivity contribution in [2.75, 3.05) is 16.4 Å². The molecular weight excluding hydrogens is 547 g/mol. The van der Waals surface area contributed by atoms with Crippen LogP contribution in [0.5, 0.6) is 0 Å². The normalized spacial score (nSPS) is 10.9. The van der Waals surface area contributed by atoms with Crippen LogP contribution in [0.25, 0.3) is 6.08 Å². The van der Waals surface area contributed by atoms with Crippen LogP contribution >= 0.6 is 11.8 Å². The van der Waals surface area contributed by atoms with E-state index in [1.54, 1.807) is 66.7 Å². The average Bonchev–Trinajstić information content (AvgIpc) is 2.97. The second-order valence-corrected chi connectivity index (χ2v) is 9.54. The maximum absolute atomic E-state index is 13.8. The Balaban J connectivity index is 1.50. The number of rotatable bonds is 10. The van der Waals surface area contributed by atoms with Crippen LogP contribution in [0.3, 0.4) is 0 Å². The lowest BCUT2D eigenvalue weighted by Crippen LogP contribution is -2.30. The van der Waals surface area contributed by atoms with E-state index < -0.39 is 28.5 Å². The van der Waals surface area contributed by atoms with Crippen LogP contribution in [0.1, 0.15) is 15.9 Å². The molecule has 0 radical (unpaired) electrons. The van der Waals surface area contributed by atoms with Gasteiger partial charge in [0.1, 0.15) is 11.5 Å². The van der Waals surface area contributed by atoms with E-state index in [4.69, 9.17) is 0 Å². The second-order valence-electron chi connectivity index (χ2n) is 8.49. The zero-order valence-corrected chi connectivity index (χ0v) is 22.2. The average molecular weight is 571 g/mol. The Bertz CT molecular complexity index is 1630. The summed E-state index contributed by atoms with van der Waals surface area (Å²) >= 11 is 1.17. The van der Waals surface area contributed by atoms with Gasteiger partial charge in [-0.05, 0) is 54.6 Å². The molecule has 3 amide bonds. The number of nitro benzene ring substituents is 1. The Morgan fingerprint density at radius 2 is 1.56 bits per heavy atom. The van der Waals surface area contributed by atoms with E-state index in [0.29, 0.717) is 16.1 Å². The molecule has 3 N–H and O–H groups in total. The molecule has 0 heterocycles. The molecule has 9 nitrogen and oxygen atoms in total. The van der Waals surface area contributed by atoms with Gasteiger partial charge in [-0.25, -0.2) is 4.39 Å². The lowest BCUT2D eigenvalue weighted by Gasteiger charge is -2.12. The fourth-order valence-electron chi connectivity index (χ4n) is 3.63. The summed E-state index contributed by atoms with van der Waals surface area (Å²) < 4.78 is 13.8. The largest absolute Gasteiger partial charge is 0.323 e. The minimum atomic E-state index is -0.716. The summed E-state index contributed by atoms with van der Waals surface area (Å²) in [6, 6.07) is 26.5. The standard InChI is InChI=1S/C30H23FN4O5S/c31-24-14-5-6-15-25(24)33-28(36)19-41-23-13-8-12-22(18-23)32-30(38)26(34-29(37)20-9-2-1-3-10-20)17-21-11-4-7-16-27(21)35(39)40/h1-18H,19H2,(H,32,38)(H,33,36)(H,34,37)/b26-17+. The maximum atomic E-state index is 13.8. The van der Waals surface area contributed by atoms with Crippen molar-refractivity contribution in [3.8, 4) is 0 Å². The van der Waals surface area contributed by atoms with Crippen LogP contribution in [-0.4, -0.2) is 28.4 Å². The van der Waals surface area contributed by atoms with E-state index in [2.05, 4.69) is 16.0 Å². The van der Waals surface area contributed by atoms with Crippen molar-refractivity contribution < 1.29 is 23.7 Å². The first-order valence-corrected chi connectivity index (χ1v) is 13.2. The fourth-order valence-corrected chi connectivity index (χ4v) is 4.39. The molecule has 0 fully saturated rings. The zero-order valence-electron chi connectivity index (χ0n) is 21.4. The number of hydrogen-bond acceptors (Lipinski definition) is 6. The van der Waals surface area contributed by atoms with Crippen molar-refractivity contribution in [2.24, 2.45) is 0 Å². The second kappa shape index (κ2) is 13.7. The molecule has 4 rings (SSSR count). The van der Waals surface area contributed by atoms with Crippen LogP contribution < -0.4 is 16.0 Å². The fraction of sp³-hybridized carbons (Fsp3) is 0.0333. The van der Waals surface area contributed by atoms with Gasteiger partial charge in [-0.3, -0.25) is 24.5 Å². The molecule has 0 spiro atoms. The highest BCUT2D eigenvalue weighted by atomic mass is 32.2. The summed E-state index contributed by atoms with van der Waals surface area (Å²) in [7, 11) is 0. The molecule has 0 saturated carbocycles. The smallest absolute Gasteiger partial charge is 0.276 e. The molecule has 0 aromatic heterocycles. The monoisotopic (exact) mass is 570 g/mol. The summed E-state index contributed by atoms with van der Waals surface area (Å²) in [5, 5.41) is 19.3. The third-order valence-electron chi connectivity index (χ3n) is 5.57. The molecular formula is C30H23FN4O5S. The van der Waals surface area contributed by atoms with Gasteiger partial charge in [0, 0.05) is 22.2 Å². The van der Waals surface area contributed by atoms with Crippen LogP contribution in [-0.2, 0) is 9.59 Å². The number of carbonyl (C=O) groups is 3. The van der Waals surface area contributed by atoms with Gasteiger partial charge in [0.05, 0.1) is 21.9 Å². The number of benzene rings is 4. The number of halogens is 1. The molecule has 0 atom stereocenters. The predicted octanol–water partition coefficient (Wildman–Crippen LogP) is 5.87.